The molecule has 100 valence electrons. The van der Waals surface area contributed by atoms with Crippen molar-refractivity contribution in [1.82, 2.24) is 5.32 Å². The summed E-state index contributed by atoms with van der Waals surface area (Å²) >= 11 is 0. The predicted octanol–water partition coefficient (Wildman–Crippen LogP) is 1.68. The highest BCUT2D eigenvalue weighted by molar-refractivity contribution is 5.84. The van der Waals surface area contributed by atoms with E-state index in [1.807, 2.05) is 13.0 Å². The second-order valence-electron chi connectivity index (χ2n) is 4.61. The molecule has 1 aromatic rings. The number of rotatable bonds is 6. The smallest absolute Gasteiger partial charge is 0.307 e. The van der Waals surface area contributed by atoms with Crippen molar-refractivity contribution in [2.45, 2.75) is 33.2 Å². The Morgan fingerprint density at radius 2 is 2.00 bits per heavy atom. The van der Waals surface area contributed by atoms with E-state index in [1.54, 1.807) is 19.3 Å². The van der Waals surface area contributed by atoms with Gasteiger partial charge < -0.3 is 14.8 Å². The Kier molecular flexibility index (Phi) is 4.95. The van der Waals surface area contributed by atoms with E-state index < -0.39 is 17.8 Å². The van der Waals surface area contributed by atoms with Crippen LogP contribution in [-0.2, 0) is 16.0 Å². The van der Waals surface area contributed by atoms with Crippen LogP contribution in [0.1, 0.15) is 26.5 Å². The van der Waals surface area contributed by atoms with E-state index in [0.29, 0.717) is 6.42 Å². The molecule has 5 heteroatoms. The fraction of sp³-hybridized carbons (Fsp3) is 0.538. The summed E-state index contributed by atoms with van der Waals surface area (Å²) in [6.07, 6.45) is 2.17. The molecule has 0 saturated carbocycles. The third-order valence-corrected chi connectivity index (χ3v) is 3.03. The molecule has 0 bridgehead atoms. The molecule has 0 fully saturated rings. The zero-order valence-electron chi connectivity index (χ0n) is 10.8. The highest BCUT2D eigenvalue weighted by Gasteiger charge is 2.26. The van der Waals surface area contributed by atoms with Gasteiger partial charge in [-0.1, -0.05) is 13.8 Å². The molecular weight excluding hydrogens is 234 g/mol. The first kappa shape index (κ1) is 14.3. The van der Waals surface area contributed by atoms with Crippen LogP contribution in [0.3, 0.4) is 0 Å². The summed E-state index contributed by atoms with van der Waals surface area (Å²) in [5.74, 6) is -1.66. The van der Waals surface area contributed by atoms with Crippen LogP contribution < -0.4 is 5.32 Å². The fourth-order valence-corrected chi connectivity index (χ4v) is 1.60. The van der Waals surface area contributed by atoms with Gasteiger partial charge in [0.15, 0.2) is 0 Å². The molecule has 3 atom stereocenters. The SMILES string of the molecule is CC(Cc1ccco1)NC(=O)C(C)C(C)C(=O)O. The molecule has 0 spiro atoms. The molecule has 1 rings (SSSR count). The quantitative estimate of drug-likeness (QED) is 0.808. The summed E-state index contributed by atoms with van der Waals surface area (Å²) < 4.78 is 5.19. The van der Waals surface area contributed by atoms with E-state index in [2.05, 4.69) is 5.32 Å². The van der Waals surface area contributed by atoms with Crippen molar-refractivity contribution in [3.8, 4) is 0 Å². The van der Waals surface area contributed by atoms with Crippen molar-refractivity contribution in [2.75, 3.05) is 0 Å². The summed E-state index contributed by atoms with van der Waals surface area (Å²) in [7, 11) is 0. The molecule has 1 amide bonds. The van der Waals surface area contributed by atoms with E-state index >= 15 is 0 Å². The minimum absolute atomic E-state index is 0.0907. The van der Waals surface area contributed by atoms with Crippen LogP contribution in [0.15, 0.2) is 22.8 Å². The van der Waals surface area contributed by atoms with Crippen LogP contribution in [-0.4, -0.2) is 23.0 Å². The van der Waals surface area contributed by atoms with Gasteiger partial charge in [0.05, 0.1) is 12.2 Å². The highest BCUT2D eigenvalue weighted by Crippen LogP contribution is 2.12. The molecule has 0 radical (unpaired) electrons. The van der Waals surface area contributed by atoms with E-state index in [9.17, 15) is 9.59 Å². The Bertz CT molecular complexity index is 399. The predicted molar refractivity (Wildman–Crippen MR) is 66.0 cm³/mol. The molecular formula is C13H19NO4. The number of carbonyl (C=O) groups is 2. The Morgan fingerprint density at radius 1 is 1.33 bits per heavy atom. The molecule has 2 N–H and O–H groups in total. The van der Waals surface area contributed by atoms with Gasteiger partial charge in [-0.15, -0.1) is 0 Å². The van der Waals surface area contributed by atoms with Gasteiger partial charge in [0.2, 0.25) is 5.91 Å². The number of furan rings is 1. The maximum Gasteiger partial charge on any atom is 0.307 e. The molecule has 18 heavy (non-hydrogen) atoms. The molecule has 5 nitrogen and oxygen atoms in total. The van der Waals surface area contributed by atoms with Crippen molar-refractivity contribution in [2.24, 2.45) is 11.8 Å². The number of hydrogen-bond donors (Lipinski definition) is 2. The Hall–Kier alpha value is -1.78. The van der Waals surface area contributed by atoms with Gasteiger partial charge in [-0.05, 0) is 19.1 Å². The summed E-state index contributed by atoms with van der Waals surface area (Å²) in [5.41, 5.74) is 0. The first-order valence-corrected chi connectivity index (χ1v) is 5.97. The number of aliphatic carboxylic acids is 1. The van der Waals surface area contributed by atoms with E-state index in [-0.39, 0.29) is 11.9 Å². The van der Waals surface area contributed by atoms with Crippen molar-refractivity contribution in [3.05, 3.63) is 24.2 Å². The average molecular weight is 253 g/mol. The normalized spacial score (nSPS) is 15.7. The molecule has 0 aliphatic rings. The number of carboxylic acids is 1. The standard InChI is InChI=1S/C13H19NO4/c1-8(7-11-5-4-6-18-11)14-12(15)9(2)10(3)13(16)17/h4-6,8-10H,7H2,1-3H3,(H,14,15)(H,16,17). The zero-order chi connectivity index (χ0) is 13.7. The van der Waals surface area contributed by atoms with Crippen molar-refractivity contribution < 1.29 is 19.1 Å². The van der Waals surface area contributed by atoms with Gasteiger partial charge >= 0.3 is 5.97 Å². The number of carboxylic acid groups (broad SMARTS) is 1. The van der Waals surface area contributed by atoms with E-state index in [4.69, 9.17) is 9.52 Å². The first-order valence-electron chi connectivity index (χ1n) is 5.97. The lowest BCUT2D eigenvalue weighted by Gasteiger charge is -2.19. The molecule has 3 unspecified atom stereocenters. The molecule has 1 heterocycles. The largest absolute Gasteiger partial charge is 0.481 e. The number of carbonyl (C=O) groups excluding carboxylic acids is 1. The Labute approximate surface area is 106 Å². The van der Waals surface area contributed by atoms with Crippen molar-refractivity contribution in [3.63, 3.8) is 0 Å². The second kappa shape index (κ2) is 6.23. The van der Waals surface area contributed by atoms with Crippen LogP contribution in [0, 0.1) is 11.8 Å². The minimum Gasteiger partial charge on any atom is -0.481 e. The fourth-order valence-electron chi connectivity index (χ4n) is 1.60. The van der Waals surface area contributed by atoms with Gasteiger partial charge in [0, 0.05) is 18.4 Å². The van der Waals surface area contributed by atoms with Crippen LogP contribution in [0.25, 0.3) is 0 Å². The number of amides is 1. The second-order valence-corrected chi connectivity index (χ2v) is 4.61. The minimum atomic E-state index is -0.962. The number of hydrogen-bond acceptors (Lipinski definition) is 3. The maximum atomic E-state index is 11.8. The molecule has 0 aliphatic carbocycles. The van der Waals surface area contributed by atoms with Crippen LogP contribution in [0.5, 0.6) is 0 Å². The molecule has 0 aromatic carbocycles. The molecule has 0 aliphatic heterocycles. The summed E-state index contributed by atoms with van der Waals surface area (Å²) in [6.45, 7) is 5.01. The highest BCUT2D eigenvalue weighted by atomic mass is 16.4. The van der Waals surface area contributed by atoms with E-state index in [0.717, 1.165) is 5.76 Å². The summed E-state index contributed by atoms with van der Waals surface area (Å²) in [4.78, 5) is 22.6. The van der Waals surface area contributed by atoms with Gasteiger partial charge in [0.1, 0.15) is 5.76 Å². The van der Waals surface area contributed by atoms with Crippen LogP contribution in [0.2, 0.25) is 0 Å². The third kappa shape index (κ3) is 3.91. The van der Waals surface area contributed by atoms with Crippen molar-refractivity contribution in [1.29, 1.82) is 0 Å². The molecule has 1 aromatic heterocycles. The van der Waals surface area contributed by atoms with Gasteiger partial charge in [-0.25, -0.2) is 0 Å². The van der Waals surface area contributed by atoms with E-state index in [1.165, 1.54) is 6.92 Å². The van der Waals surface area contributed by atoms with Crippen LogP contribution in [0.4, 0.5) is 0 Å². The average Bonchev–Trinajstić information content (AvgIpc) is 2.79. The maximum absolute atomic E-state index is 11.8. The topological polar surface area (TPSA) is 79.5 Å². The third-order valence-electron chi connectivity index (χ3n) is 3.03. The van der Waals surface area contributed by atoms with Gasteiger partial charge in [-0.3, -0.25) is 9.59 Å². The van der Waals surface area contributed by atoms with Crippen LogP contribution >= 0.6 is 0 Å². The Morgan fingerprint density at radius 3 is 2.50 bits per heavy atom. The first-order chi connectivity index (χ1) is 8.41. The molecule has 0 saturated heterocycles. The number of nitrogens with one attached hydrogen (secondary N) is 1. The monoisotopic (exact) mass is 253 g/mol. The van der Waals surface area contributed by atoms with Crippen molar-refractivity contribution >= 4 is 11.9 Å². The Balaban J connectivity index is 2.46. The zero-order valence-corrected chi connectivity index (χ0v) is 10.8. The lowest BCUT2D eigenvalue weighted by Crippen LogP contribution is -2.40. The summed E-state index contributed by atoms with van der Waals surface area (Å²) in [6, 6.07) is 3.54. The summed E-state index contributed by atoms with van der Waals surface area (Å²) in [5, 5.41) is 11.6. The lowest BCUT2D eigenvalue weighted by atomic mass is 9.95. The lowest BCUT2D eigenvalue weighted by molar-refractivity contribution is -0.146. The van der Waals surface area contributed by atoms with Gasteiger partial charge in [0.25, 0.3) is 0 Å². The van der Waals surface area contributed by atoms with Gasteiger partial charge in [-0.2, -0.15) is 0 Å².